The molecule has 0 fully saturated rings. The highest BCUT2D eigenvalue weighted by Gasteiger charge is 2.02. The summed E-state index contributed by atoms with van der Waals surface area (Å²) < 4.78 is 0. The summed E-state index contributed by atoms with van der Waals surface area (Å²) in [5, 5.41) is 12.4. The normalized spacial score (nSPS) is 9.70. The highest BCUT2D eigenvalue weighted by Crippen LogP contribution is 2.12. The van der Waals surface area contributed by atoms with Gasteiger partial charge in [-0.2, -0.15) is 4.98 Å². The van der Waals surface area contributed by atoms with Gasteiger partial charge in [-0.3, -0.25) is 0 Å². The van der Waals surface area contributed by atoms with Gasteiger partial charge in [-0.15, -0.1) is 0 Å². The van der Waals surface area contributed by atoms with E-state index in [1.165, 1.54) is 0 Å². The number of nitrogens with two attached hydrogens (primary N) is 1. The first-order valence-electron chi connectivity index (χ1n) is 5.94. The molecule has 0 atom stereocenters. The van der Waals surface area contributed by atoms with Crippen molar-refractivity contribution < 1.29 is 5.11 Å². The number of anilines is 2. The van der Waals surface area contributed by atoms with E-state index in [1.54, 1.807) is 18.3 Å². The Kier molecular flexibility index (Phi) is 4.77. The zero-order valence-electron chi connectivity index (χ0n) is 10.6. The van der Waals surface area contributed by atoms with Gasteiger partial charge < -0.3 is 16.2 Å². The van der Waals surface area contributed by atoms with Gasteiger partial charge >= 0.3 is 0 Å². The molecule has 0 aliphatic carbocycles. The van der Waals surface area contributed by atoms with Crippen LogP contribution in [0.1, 0.15) is 11.1 Å². The summed E-state index contributed by atoms with van der Waals surface area (Å²) >= 11 is 5.81. The lowest BCUT2D eigenvalue weighted by Gasteiger charge is -2.05. The molecule has 0 saturated carbocycles. The Labute approximate surface area is 121 Å². The molecular formula is C14H13ClN4O. The van der Waals surface area contributed by atoms with Crippen LogP contribution in [0.5, 0.6) is 0 Å². The van der Waals surface area contributed by atoms with Crippen molar-refractivity contribution in [2.45, 2.75) is 0 Å². The standard InChI is InChI=1S/C14H13ClN4O/c15-12-5-2-10(3-6-12)1-4-11-9-18-14(16)19-13(11)17-7-8-20/h2-3,5-6,9,20H,7-8H2,(H3,16,17,18,19). The van der Waals surface area contributed by atoms with E-state index in [2.05, 4.69) is 27.1 Å². The van der Waals surface area contributed by atoms with Gasteiger partial charge in [-0.05, 0) is 24.3 Å². The summed E-state index contributed by atoms with van der Waals surface area (Å²) in [5.41, 5.74) is 6.98. The van der Waals surface area contributed by atoms with Crippen LogP contribution in [0.25, 0.3) is 0 Å². The molecule has 20 heavy (non-hydrogen) atoms. The number of rotatable bonds is 3. The quantitative estimate of drug-likeness (QED) is 0.746. The fourth-order valence-electron chi connectivity index (χ4n) is 1.47. The van der Waals surface area contributed by atoms with Gasteiger partial charge in [-0.25, -0.2) is 4.98 Å². The predicted molar refractivity (Wildman–Crippen MR) is 79.5 cm³/mol. The van der Waals surface area contributed by atoms with Crippen molar-refractivity contribution in [3.8, 4) is 11.8 Å². The van der Waals surface area contributed by atoms with Gasteiger partial charge in [0.25, 0.3) is 0 Å². The number of aliphatic hydroxyl groups is 1. The Morgan fingerprint density at radius 3 is 2.70 bits per heavy atom. The van der Waals surface area contributed by atoms with E-state index >= 15 is 0 Å². The molecule has 2 rings (SSSR count). The Balaban J connectivity index is 2.26. The van der Waals surface area contributed by atoms with Gasteiger partial charge in [0.1, 0.15) is 5.82 Å². The maximum Gasteiger partial charge on any atom is 0.222 e. The molecule has 2 aromatic rings. The third kappa shape index (κ3) is 3.85. The summed E-state index contributed by atoms with van der Waals surface area (Å²) in [6.07, 6.45) is 1.55. The lowest BCUT2D eigenvalue weighted by molar-refractivity contribution is 0.311. The summed E-state index contributed by atoms with van der Waals surface area (Å²) in [7, 11) is 0. The third-order valence-corrected chi connectivity index (χ3v) is 2.65. The molecule has 0 radical (unpaired) electrons. The number of aromatic nitrogens is 2. The summed E-state index contributed by atoms with van der Waals surface area (Å²) in [6, 6.07) is 7.20. The molecule has 0 aliphatic rings. The second-order valence-corrected chi connectivity index (χ2v) is 4.33. The van der Waals surface area contributed by atoms with E-state index < -0.39 is 0 Å². The number of halogens is 1. The van der Waals surface area contributed by atoms with Crippen LogP contribution >= 0.6 is 11.6 Å². The molecule has 0 spiro atoms. The number of nitrogen functional groups attached to an aromatic ring is 1. The minimum atomic E-state index is -0.00599. The molecule has 1 aromatic carbocycles. The maximum absolute atomic E-state index is 8.84. The second kappa shape index (κ2) is 6.75. The highest BCUT2D eigenvalue weighted by atomic mass is 35.5. The molecule has 6 heteroatoms. The summed E-state index contributed by atoms with van der Waals surface area (Å²) in [6.45, 7) is 0.361. The Morgan fingerprint density at radius 1 is 1.25 bits per heavy atom. The largest absolute Gasteiger partial charge is 0.395 e. The van der Waals surface area contributed by atoms with E-state index in [-0.39, 0.29) is 12.6 Å². The molecule has 102 valence electrons. The van der Waals surface area contributed by atoms with Gasteiger partial charge in [-0.1, -0.05) is 23.4 Å². The van der Waals surface area contributed by atoms with Crippen molar-refractivity contribution in [1.82, 2.24) is 9.97 Å². The predicted octanol–water partition coefficient (Wildman–Crippen LogP) is 1.52. The number of hydrogen-bond donors (Lipinski definition) is 3. The van der Waals surface area contributed by atoms with Gasteiger partial charge in [0.05, 0.1) is 18.4 Å². The van der Waals surface area contributed by atoms with E-state index in [4.69, 9.17) is 22.4 Å². The van der Waals surface area contributed by atoms with Crippen LogP contribution in [0.2, 0.25) is 5.02 Å². The minimum Gasteiger partial charge on any atom is -0.395 e. The molecule has 4 N–H and O–H groups in total. The zero-order chi connectivity index (χ0) is 14.4. The van der Waals surface area contributed by atoms with E-state index in [0.717, 1.165) is 5.56 Å². The lowest BCUT2D eigenvalue weighted by atomic mass is 10.2. The van der Waals surface area contributed by atoms with Crippen LogP contribution in [0.4, 0.5) is 11.8 Å². The molecule has 0 amide bonds. The van der Waals surface area contributed by atoms with Crippen molar-refractivity contribution >= 4 is 23.4 Å². The average molecular weight is 289 g/mol. The monoisotopic (exact) mass is 288 g/mol. The van der Waals surface area contributed by atoms with Crippen molar-refractivity contribution in [2.75, 3.05) is 24.2 Å². The van der Waals surface area contributed by atoms with Crippen molar-refractivity contribution in [3.05, 3.63) is 46.6 Å². The Hall–Kier alpha value is -2.29. The summed E-state index contributed by atoms with van der Waals surface area (Å²) in [4.78, 5) is 7.97. The zero-order valence-corrected chi connectivity index (χ0v) is 11.4. The smallest absolute Gasteiger partial charge is 0.222 e. The van der Waals surface area contributed by atoms with Crippen molar-refractivity contribution in [3.63, 3.8) is 0 Å². The van der Waals surface area contributed by atoms with Crippen molar-refractivity contribution in [2.24, 2.45) is 0 Å². The Bertz CT molecular complexity index is 646. The number of nitrogens with one attached hydrogen (secondary N) is 1. The van der Waals surface area contributed by atoms with Crippen LogP contribution in [-0.2, 0) is 0 Å². The first kappa shape index (κ1) is 14.1. The van der Waals surface area contributed by atoms with Crippen LogP contribution < -0.4 is 11.1 Å². The van der Waals surface area contributed by atoms with Crippen LogP contribution in [-0.4, -0.2) is 28.2 Å². The average Bonchev–Trinajstić information content (AvgIpc) is 2.46. The van der Waals surface area contributed by atoms with E-state index in [9.17, 15) is 0 Å². The van der Waals surface area contributed by atoms with Crippen LogP contribution in [0, 0.1) is 11.8 Å². The topological polar surface area (TPSA) is 84.1 Å². The molecule has 0 bridgehead atoms. The number of nitrogens with zero attached hydrogens (tertiary/aromatic N) is 2. The third-order valence-electron chi connectivity index (χ3n) is 2.40. The SMILES string of the molecule is Nc1ncc(C#Cc2ccc(Cl)cc2)c(NCCO)n1. The molecular weight excluding hydrogens is 276 g/mol. The Morgan fingerprint density at radius 2 is 2.00 bits per heavy atom. The highest BCUT2D eigenvalue weighted by molar-refractivity contribution is 6.30. The van der Waals surface area contributed by atoms with Gasteiger partial charge in [0.15, 0.2) is 0 Å². The molecule has 0 aliphatic heterocycles. The molecule has 5 nitrogen and oxygen atoms in total. The fourth-order valence-corrected chi connectivity index (χ4v) is 1.59. The fraction of sp³-hybridized carbons (Fsp3) is 0.143. The molecule has 0 saturated heterocycles. The first-order chi connectivity index (χ1) is 9.69. The van der Waals surface area contributed by atoms with Crippen LogP contribution in [0.15, 0.2) is 30.5 Å². The molecule has 1 heterocycles. The first-order valence-corrected chi connectivity index (χ1v) is 6.31. The number of aliphatic hydroxyl groups excluding tert-OH is 1. The number of benzene rings is 1. The second-order valence-electron chi connectivity index (χ2n) is 3.90. The molecule has 0 unspecified atom stereocenters. The minimum absolute atomic E-state index is 0.00599. The summed E-state index contributed by atoms with van der Waals surface area (Å²) in [5.74, 6) is 6.62. The van der Waals surface area contributed by atoms with Crippen molar-refractivity contribution in [1.29, 1.82) is 0 Å². The van der Waals surface area contributed by atoms with E-state index in [1.807, 2.05) is 12.1 Å². The van der Waals surface area contributed by atoms with Crippen LogP contribution in [0.3, 0.4) is 0 Å². The lowest BCUT2D eigenvalue weighted by Crippen LogP contribution is -2.10. The number of hydrogen-bond acceptors (Lipinski definition) is 5. The van der Waals surface area contributed by atoms with E-state index in [0.29, 0.717) is 22.9 Å². The maximum atomic E-state index is 8.84. The van der Waals surface area contributed by atoms with Gasteiger partial charge in [0.2, 0.25) is 5.95 Å². The van der Waals surface area contributed by atoms with Gasteiger partial charge in [0, 0.05) is 17.1 Å². The molecule has 1 aromatic heterocycles.